The van der Waals surface area contributed by atoms with Crippen LogP contribution in [-0.4, -0.2) is 16.7 Å². The van der Waals surface area contributed by atoms with E-state index in [-0.39, 0.29) is 5.54 Å². The summed E-state index contributed by atoms with van der Waals surface area (Å²) < 4.78 is 0. The molecule has 3 aliphatic heterocycles. The lowest BCUT2D eigenvalue weighted by molar-refractivity contribution is 0.314. The SMILES string of the molecule is Cc1ccc(N2C=C3N=CC=CN3C3=C2CCC(C)(C)N3)cc1. The molecular formula is C19H22N4. The molecule has 0 unspecified atom stereocenters. The first kappa shape index (κ1) is 14.1. The molecule has 0 aromatic heterocycles. The van der Waals surface area contributed by atoms with Gasteiger partial charge in [-0.2, -0.15) is 0 Å². The first-order chi connectivity index (χ1) is 11.0. The zero-order chi connectivity index (χ0) is 16.0. The van der Waals surface area contributed by atoms with Crippen LogP contribution in [0.1, 0.15) is 32.3 Å². The predicted molar refractivity (Wildman–Crippen MR) is 94.7 cm³/mol. The Kier molecular flexibility index (Phi) is 3.08. The molecule has 0 amide bonds. The van der Waals surface area contributed by atoms with Gasteiger partial charge in [-0.1, -0.05) is 17.7 Å². The lowest BCUT2D eigenvalue weighted by atomic mass is 9.92. The Bertz CT molecular complexity index is 750. The van der Waals surface area contributed by atoms with Crippen LogP contribution >= 0.6 is 0 Å². The van der Waals surface area contributed by atoms with Crippen molar-refractivity contribution >= 4 is 11.9 Å². The zero-order valence-electron chi connectivity index (χ0n) is 13.9. The van der Waals surface area contributed by atoms with Crippen LogP contribution in [0.5, 0.6) is 0 Å². The third-order valence-corrected chi connectivity index (χ3v) is 4.58. The van der Waals surface area contributed by atoms with Gasteiger partial charge in [0.2, 0.25) is 0 Å². The third kappa shape index (κ3) is 2.44. The van der Waals surface area contributed by atoms with Crippen molar-refractivity contribution < 1.29 is 0 Å². The quantitative estimate of drug-likeness (QED) is 0.855. The first-order valence-corrected chi connectivity index (χ1v) is 8.13. The fourth-order valence-electron chi connectivity index (χ4n) is 3.23. The highest BCUT2D eigenvalue weighted by molar-refractivity contribution is 5.74. The van der Waals surface area contributed by atoms with E-state index in [0.29, 0.717) is 0 Å². The highest BCUT2D eigenvalue weighted by Crippen LogP contribution is 2.38. The highest BCUT2D eigenvalue weighted by atomic mass is 15.4. The maximum Gasteiger partial charge on any atom is 0.155 e. The second kappa shape index (κ2) is 5.01. The Labute approximate surface area is 137 Å². The van der Waals surface area contributed by atoms with E-state index in [1.165, 1.54) is 16.9 Å². The van der Waals surface area contributed by atoms with Crippen molar-refractivity contribution in [3.8, 4) is 0 Å². The number of hydrogen-bond acceptors (Lipinski definition) is 4. The molecule has 118 valence electrons. The summed E-state index contributed by atoms with van der Waals surface area (Å²) in [4.78, 5) is 8.97. The average Bonchev–Trinajstić information content (AvgIpc) is 2.54. The van der Waals surface area contributed by atoms with Crippen LogP contribution in [0.3, 0.4) is 0 Å². The summed E-state index contributed by atoms with van der Waals surface area (Å²) in [7, 11) is 0. The van der Waals surface area contributed by atoms with Crippen molar-refractivity contribution in [2.45, 2.75) is 39.2 Å². The monoisotopic (exact) mass is 306 g/mol. The van der Waals surface area contributed by atoms with E-state index >= 15 is 0 Å². The van der Waals surface area contributed by atoms with Gasteiger partial charge in [-0.25, -0.2) is 4.99 Å². The van der Waals surface area contributed by atoms with Crippen LogP contribution in [-0.2, 0) is 0 Å². The number of fused-ring (bicyclic) bond motifs is 2. The number of aliphatic imine (C=N–C) groups is 1. The molecule has 3 aliphatic rings. The summed E-state index contributed by atoms with van der Waals surface area (Å²) in [6, 6.07) is 8.67. The molecule has 1 aromatic rings. The second-order valence-electron chi connectivity index (χ2n) is 6.99. The number of rotatable bonds is 1. The molecule has 4 heteroatoms. The van der Waals surface area contributed by atoms with Gasteiger partial charge < -0.3 is 10.2 Å². The van der Waals surface area contributed by atoms with Gasteiger partial charge >= 0.3 is 0 Å². The summed E-state index contributed by atoms with van der Waals surface area (Å²) in [6.45, 7) is 6.62. The molecule has 23 heavy (non-hydrogen) atoms. The number of nitrogens with one attached hydrogen (secondary N) is 1. The van der Waals surface area contributed by atoms with Gasteiger partial charge in [0.05, 0.1) is 11.9 Å². The molecule has 1 aromatic carbocycles. The molecule has 0 saturated carbocycles. The van der Waals surface area contributed by atoms with E-state index in [1.807, 2.05) is 12.3 Å². The third-order valence-electron chi connectivity index (χ3n) is 4.58. The van der Waals surface area contributed by atoms with Crippen molar-refractivity contribution in [2.24, 2.45) is 4.99 Å². The van der Waals surface area contributed by atoms with Gasteiger partial charge in [-0.3, -0.25) is 4.90 Å². The molecular weight excluding hydrogens is 284 g/mol. The van der Waals surface area contributed by atoms with Gasteiger partial charge in [0.15, 0.2) is 5.82 Å². The van der Waals surface area contributed by atoms with E-state index in [1.54, 1.807) is 0 Å². The van der Waals surface area contributed by atoms with Crippen LogP contribution in [0.2, 0.25) is 0 Å². The number of benzene rings is 1. The summed E-state index contributed by atoms with van der Waals surface area (Å²) in [5.41, 5.74) is 3.85. The maximum atomic E-state index is 4.54. The molecule has 0 radical (unpaired) electrons. The van der Waals surface area contributed by atoms with Gasteiger partial charge in [-0.05, 0) is 51.8 Å². The summed E-state index contributed by atoms with van der Waals surface area (Å²) in [5.74, 6) is 2.09. The standard InChI is InChI=1S/C19H22N4/c1-14-5-7-15(8-6-14)23-13-17-20-11-4-12-22(17)18-16(23)9-10-19(2,3)21-18/h4-8,11-13,21H,9-10H2,1-3H3. The molecule has 0 saturated heterocycles. The molecule has 1 N–H and O–H groups in total. The Morgan fingerprint density at radius 1 is 1.13 bits per heavy atom. The summed E-state index contributed by atoms with van der Waals surface area (Å²) >= 11 is 0. The fourth-order valence-corrected chi connectivity index (χ4v) is 3.23. The normalized spacial score (nSPS) is 21.6. The van der Waals surface area contributed by atoms with E-state index in [4.69, 9.17) is 0 Å². The minimum Gasteiger partial charge on any atom is -0.365 e. The number of anilines is 1. The molecule has 3 heterocycles. The maximum absolute atomic E-state index is 4.54. The second-order valence-corrected chi connectivity index (χ2v) is 6.99. The Balaban J connectivity index is 1.82. The molecule has 4 nitrogen and oxygen atoms in total. The predicted octanol–water partition coefficient (Wildman–Crippen LogP) is 3.85. The van der Waals surface area contributed by atoms with E-state index < -0.39 is 0 Å². The molecule has 0 aliphatic carbocycles. The number of nitrogens with zero attached hydrogens (tertiary/aromatic N) is 3. The van der Waals surface area contributed by atoms with E-state index in [0.717, 1.165) is 24.5 Å². The van der Waals surface area contributed by atoms with Crippen molar-refractivity contribution in [1.29, 1.82) is 0 Å². The van der Waals surface area contributed by atoms with Crippen molar-refractivity contribution in [3.63, 3.8) is 0 Å². The van der Waals surface area contributed by atoms with Gasteiger partial charge in [-0.15, -0.1) is 0 Å². The minimum absolute atomic E-state index is 0.0925. The number of allylic oxidation sites excluding steroid dienone is 2. The van der Waals surface area contributed by atoms with Gasteiger partial charge in [0.25, 0.3) is 0 Å². The molecule has 0 bridgehead atoms. The highest BCUT2D eigenvalue weighted by Gasteiger charge is 2.35. The Morgan fingerprint density at radius 3 is 2.70 bits per heavy atom. The summed E-state index contributed by atoms with van der Waals surface area (Å²) in [6.07, 6.45) is 10.2. The number of aryl methyl sites for hydroxylation is 1. The first-order valence-electron chi connectivity index (χ1n) is 8.13. The molecule has 0 fully saturated rings. The molecule has 0 spiro atoms. The van der Waals surface area contributed by atoms with Crippen LogP contribution in [0.25, 0.3) is 0 Å². The number of hydrogen-bond donors (Lipinski definition) is 1. The molecule has 4 rings (SSSR count). The average molecular weight is 306 g/mol. The van der Waals surface area contributed by atoms with Crippen LogP contribution in [0.15, 0.2) is 65.1 Å². The van der Waals surface area contributed by atoms with E-state index in [2.05, 4.69) is 77.5 Å². The largest absolute Gasteiger partial charge is 0.365 e. The topological polar surface area (TPSA) is 30.9 Å². The smallest absolute Gasteiger partial charge is 0.155 e. The fraction of sp³-hybridized carbons (Fsp3) is 0.316. The van der Waals surface area contributed by atoms with Crippen molar-refractivity contribution in [1.82, 2.24) is 10.2 Å². The zero-order valence-corrected chi connectivity index (χ0v) is 13.9. The lowest BCUT2D eigenvalue weighted by Crippen LogP contribution is -2.50. The van der Waals surface area contributed by atoms with Crippen LogP contribution in [0, 0.1) is 6.92 Å². The van der Waals surface area contributed by atoms with E-state index in [9.17, 15) is 0 Å². The van der Waals surface area contributed by atoms with Crippen molar-refractivity contribution in [3.05, 3.63) is 65.6 Å². The van der Waals surface area contributed by atoms with Crippen molar-refractivity contribution in [2.75, 3.05) is 4.90 Å². The van der Waals surface area contributed by atoms with Crippen LogP contribution < -0.4 is 10.2 Å². The van der Waals surface area contributed by atoms with Gasteiger partial charge in [0, 0.05) is 23.6 Å². The lowest BCUT2D eigenvalue weighted by Gasteiger charge is -2.45. The Hall–Kier alpha value is -2.49. The Morgan fingerprint density at radius 2 is 1.91 bits per heavy atom. The van der Waals surface area contributed by atoms with Crippen LogP contribution in [0.4, 0.5) is 5.69 Å². The van der Waals surface area contributed by atoms with Gasteiger partial charge in [0.1, 0.15) is 5.82 Å². The minimum atomic E-state index is 0.0925. The summed E-state index contributed by atoms with van der Waals surface area (Å²) in [5, 5.41) is 3.70. The molecule has 0 atom stereocenters.